The van der Waals surface area contributed by atoms with Crippen LogP contribution in [0.5, 0.6) is 0 Å². The van der Waals surface area contributed by atoms with Gasteiger partial charge in [0, 0.05) is 38.5 Å². The van der Waals surface area contributed by atoms with Crippen molar-refractivity contribution in [3.63, 3.8) is 0 Å². The van der Waals surface area contributed by atoms with Crippen LogP contribution in [0.1, 0.15) is 55.3 Å². The minimum atomic E-state index is -0.257. The predicted molar refractivity (Wildman–Crippen MR) is 126 cm³/mol. The van der Waals surface area contributed by atoms with E-state index in [2.05, 4.69) is 17.4 Å². The largest absolute Gasteiger partial charge is 0.378 e. The smallest absolute Gasteiger partial charge is 0.224 e. The van der Waals surface area contributed by atoms with Crippen LogP contribution in [0, 0.1) is 0 Å². The Morgan fingerprint density at radius 2 is 1.67 bits per heavy atom. The second-order valence-electron chi connectivity index (χ2n) is 9.19. The molecule has 6 heteroatoms. The number of methoxy groups -OCH3 is 1. The van der Waals surface area contributed by atoms with Gasteiger partial charge in [-0.1, -0.05) is 54.6 Å². The summed E-state index contributed by atoms with van der Waals surface area (Å²) in [7, 11) is 1.71. The van der Waals surface area contributed by atoms with Crippen LogP contribution in [-0.2, 0) is 31.0 Å². The zero-order chi connectivity index (χ0) is 23.4. The fourth-order valence-electron chi connectivity index (χ4n) is 5.53. The number of carbonyl (C=O) groups excluding carboxylic acids is 3. The second kappa shape index (κ2) is 9.87. The molecule has 2 aliphatic rings. The van der Waals surface area contributed by atoms with Gasteiger partial charge in [-0.15, -0.1) is 0 Å². The number of likely N-dealkylation sites (tertiary alicyclic amines) is 1. The van der Waals surface area contributed by atoms with Crippen molar-refractivity contribution < 1.29 is 19.1 Å². The van der Waals surface area contributed by atoms with Gasteiger partial charge in [0.25, 0.3) is 0 Å². The van der Waals surface area contributed by atoms with E-state index in [1.807, 2.05) is 47.4 Å². The van der Waals surface area contributed by atoms with Crippen LogP contribution in [0.4, 0.5) is 0 Å². The molecule has 174 valence electrons. The normalized spacial score (nSPS) is 21.0. The van der Waals surface area contributed by atoms with Gasteiger partial charge in [-0.25, -0.2) is 0 Å². The van der Waals surface area contributed by atoms with E-state index < -0.39 is 0 Å². The van der Waals surface area contributed by atoms with Crippen molar-refractivity contribution in [3.8, 4) is 0 Å². The van der Waals surface area contributed by atoms with E-state index >= 15 is 0 Å². The molecule has 0 unspecified atom stereocenters. The van der Waals surface area contributed by atoms with Gasteiger partial charge in [-0.05, 0) is 36.5 Å². The molecule has 2 aromatic carbocycles. The Hall–Kier alpha value is -2.99. The van der Waals surface area contributed by atoms with Gasteiger partial charge in [-0.3, -0.25) is 9.59 Å². The van der Waals surface area contributed by atoms with Gasteiger partial charge in [0.05, 0.1) is 18.6 Å². The van der Waals surface area contributed by atoms with E-state index in [0.717, 1.165) is 24.0 Å². The number of nitrogens with one attached hydrogen (secondary N) is 1. The Kier molecular flexibility index (Phi) is 6.94. The Morgan fingerprint density at radius 1 is 1.00 bits per heavy atom. The zero-order valence-corrected chi connectivity index (χ0v) is 19.4. The maximum Gasteiger partial charge on any atom is 0.224 e. The lowest BCUT2D eigenvalue weighted by atomic mass is 9.71. The third-order valence-corrected chi connectivity index (χ3v) is 7.16. The number of benzene rings is 2. The average molecular weight is 449 g/mol. The first-order valence-corrected chi connectivity index (χ1v) is 11.7. The topological polar surface area (TPSA) is 75.7 Å². The van der Waals surface area contributed by atoms with Crippen molar-refractivity contribution in [1.29, 1.82) is 0 Å². The Morgan fingerprint density at radius 3 is 2.33 bits per heavy atom. The van der Waals surface area contributed by atoms with Crippen LogP contribution in [0.15, 0.2) is 54.6 Å². The molecule has 1 aliphatic heterocycles. The number of fused-ring (bicyclic) bond motifs is 2. The Bertz CT molecular complexity index is 1010. The van der Waals surface area contributed by atoms with Crippen LogP contribution in [0.25, 0.3) is 0 Å². The van der Waals surface area contributed by atoms with E-state index in [4.69, 9.17) is 4.74 Å². The van der Waals surface area contributed by atoms with E-state index in [9.17, 15) is 14.4 Å². The van der Waals surface area contributed by atoms with Crippen LogP contribution in [0.3, 0.4) is 0 Å². The van der Waals surface area contributed by atoms with E-state index in [1.54, 1.807) is 7.11 Å². The van der Waals surface area contributed by atoms with Crippen molar-refractivity contribution in [2.24, 2.45) is 0 Å². The molecule has 4 rings (SSSR count). The SMILES string of the molecule is CO[C@H]1[C@H](NC(=O)Cc2ccccc2)c2ccccc2C12CCN(C(=O)CCC(C)=O)CC2. The summed E-state index contributed by atoms with van der Waals surface area (Å²) in [5.74, 6) is 0.0417. The number of hydrogen-bond donors (Lipinski definition) is 1. The lowest BCUT2D eigenvalue weighted by molar-refractivity contribution is -0.135. The molecule has 1 saturated heterocycles. The summed E-state index contributed by atoms with van der Waals surface area (Å²) in [4.78, 5) is 38.6. The number of nitrogens with zero attached hydrogens (tertiary/aromatic N) is 1. The van der Waals surface area contributed by atoms with Gasteiger partial charge >= 0.3 is 0 Å². The highest BCUT2D eigenvalue weighted by Crippen LogP contribution is 2.52. The van der Waals surface area contributed by atoms with Crippen LogP contribution >= 0.6 is 0 Å². The minimum absolute atomic E-state index is 0.0306. The first kappa shape index (κ1) is 23.2. The number of Topliss-reactive ketones (excluding diaryl/α,β-unsaturated/α-hetero) is 1. The first-order valence-electron chi connectivity index (χ1n) is 11.7. The molecule has 2 aromatic rings. The first-order chi connectivity index (χ1) is 15.9. The molecule has 0 saturated carbocycles. The van der Waals surface area contributed by atoms with E-state index in [0.29, 0.717) is 25.9 Å². The predicted octanol–water partition coefficient (Wildman–Crippen LogP) is 3.34. The van der Waals surface area contributed by atoms with Crippen molar-refractivity contribution in [1.82, 2.24) is 10.2 Å². The fraction of sp³-hybridized carbons (Fsp3) is 0.444. The molecular formula is C27H32N2O4. The Labute approximate surface area is 195 Å². The standard InChI is InChI=1S/C27H32N2O4/c1-19(30)12-13-24(32)29-16-14-27(15-17-29)22-11-7-6-10-21(22)25(26(27)33-2)28-23(31)18-20-8-4-3-5-9-20/h3-11,25-26H,12-18H2,1-2H3,(H,28,31)/t25-,26+/m1/s1. The molecule has 1 heterocycles. The maximum absolute atomic E-state index is 12.9. The van der Waals surface area contributed by atoms with Gasteiger partial charge in [-0.2, -0.15) is 0 Å². The van der Waals surface area contributed by atoms with E-state index in [-0.39, 0.29) is 41.6 Å². The summed E-state index contributed by atoms with van der Waals surface area (Å²) in [6.07, 6.45) is 2.20. The van der Waals surface area contributed by atoms with Crippen molar-refractivity contribution >= 4 is 17.6 Å². The summed E-state index contributed by atoms with van der Waals surface area (Å²) >= 11 is 0. The number of ketones is 1. The van der Waals surface area contributed by atoms with Gasteiger partial charge in [0.1, 0.15) is 5.78 Å². The molecule has 1 fully saturated rings. The Balaban J connectivity index is 1.52. The summed E-state index contributed by atoms with van der Waals surface area (Å²) in [6, 6.07) is 17.7. The highest BCUT2D eigenvalue weighted by atomic mass is 16.5. The molecule has 33 heavy (non-hydrogen) atoms. The fourth-order valence-corrected chi connectivity index (χ4v) is 5.53. The van der Waals surface area contributed by atoms with Crippen LogP contribution < -0.4 is 5.32 Å². The molecular weight excluding hydrogens is 416 g/mol. The average Bonchev–Trinajstić information content (AvgIpc) is 3.07. The van der Waals surface area contributed by atoms with Crippen molar-refractivity contribution in [2.75, 3.05) is 20.2 Å². The minimum Gasteiger partial charge on any atom is -0.378 e. The van der Waals surface area contributed by atoms with Crippen molar-refractivity contribution in [3.05, 3.63) is 71.3 Å². The third kappa shape index (κ3) is 4.71. The molecule has 6 nitrogen and oxygen atoms in total. The summed E-state index contributed by atoms with van der Waals surface area (Å²) in [5, 5.41) is 3.24. The summed E-state index contributed by atoms with van der Waals surface area (Å²) < 4.78 is 6.06. The molecule has 0 aromatic heterocycles. The quantitative estimate of drug-likeness (QED) is 0.705. The molecule has 0 bridgehead atoms. The summed E-state index contributed by atoms with van der Waals surface area (Å²) in [6.45, 7) is 2.76. The lowest BCUT2D eigenvalue weighted by Crippen LogP contribution is -2.51. The molecule has 1 spiro atoms. The molecule has 2 amide bonds. The number of hydrogen-bond acceptors (Lipinski definition) is 4. The van der Waals surface area contributed by atoms with Crippen molar-refractivity contribution in [2.45, 2.75) is 56.6 Å². The molecule has 0 radical (unpaired) electrons. The number of amides is 2. The zero-order valence-electron chi connectivity index (χ0n) is 19.4. The van der Waals surface area contributed by atoms with Gasteiger partial charge < -0.3 is 19.7 Å². The van der Waals surface area contributed by atoms with Crippen LogP contribution in [0.2, 0.25) is 0 Å². The lowest BCUT2D eigenvalue weighted by Gasteiger charge is -2.44. The highest BCUT2D eigenvalue weighted by Gasteiger charge is 2.54. The molecule has 1 N–H and O–H groups in total. The molecule has 2 atom stereocenters. The number of ether oxygens (including phenoxy) is 1. The van der Waals surface area contributed by atoms with Crippen LogP contribution in [-0.4, -0.2) is 48.8 Å². The number of rotatable bonds is 7. The second-order valence-corrected chi connectivity index (χ2v) is 9.19. The van der Waals surface area contributed by atoms with Gasteiger partial charge in [0.15, 0.2) is 0 Å². The maximum atomic E-state index is 12.9. The number of carbonyl (C=O) groups is 3. The molecule has 1 aliphatic carbocycles. The van der Waals surface area contributed by atoms with E-state index in [1.165, 1.54) is 12.5 Å². The summed E-state index contributed by atoms with van der Waals surface area (Å²) in [5.41, 5.74) is 3.02. The number of piperidine rings is 1. The van der Waals surface area contributed by atoms with Gasteiger partial charge in [0.2, 0.25) is 11.8 Å². The third-order valence-electron chi connectivity index (χ3n) is 7.16. The monoisotopic (exact) mass is 448 g/mol. The highest BCUT2D eigenvalue weighted by molar-refractivity contribution is 5.83.